The summed E-state index contributed by atoms with van der Waals surface area (Å²) in [4.78, 5) is 6.56. The molecule has 3 aliphatic rings. The second-order valence-corrected chi connectivity index (χ2v) is 9.11. The van der Waals surface area contributed by atoms with Crippen LogP contribution in [0.4, 0.5) is 0 Å². The number of aryl methyl sites for hydroxylation is 1. The van der Waals surface area contributed by atoms with E-state index >= 15 is 0 Å². The summed E-state index contributed by atoms with van der Waals surface area (Å²) in [5.74, 6) is 1.55. The molecule has 4 rings (SSSR count). The van der Waals surface area contributed by atoms with Gasteiger partial charge in [0.2, 0.25) is 0 Å². The quantitative estimate of drug-likeness (QED) is 0.731. The number of fused-ring (bicyclic) bond motifs is 1. The molecule has 5 heteroatoms. The van der Waals surface area contributed by atoms with E-state index in [2.05, 4.69) is 35.2 Å². The Morgan fingerprint density at radius 3 is 2.92 bits per heavy atom. The zero-order chi connectivity index (χ0) is 17.3. The third-order valence-electron chi connectivity index (χ3n) is 5.78. The first-order valence-corrected chi connectivity index (χ1v) is 9.78. The number of aliphatic hydroxyl groups excluding tert-OH is 1. The van der Waals surface area contributed by atoms with Gasteiger partial charge in [-0.05, 0) is 49.6 Å². The lowest BCUT2D eigenvalue weighted by atomic mass is 9.49. The molecule has 4 nitrogen and oxygen atoms in total. The molecule has 1 aromatic rings. The minimum absolute atomic E-state index is 0.397. The molecule has 3 atom stereocenters. The highest BCUT2D eigenvalue weighted by atomic mass is 32.1. The molecule has 0 radical (unpaired) electrons. The second kappa shape index (κ2) is 7.24. The molecule has 0 aliphatic heterocycles. The van der Waals surface area contributed by atoms with Crippen LogP contribution in [-0.4, -0.2) is 47.9 Å². The second-order valence-electron chi connectivity index (χ2n) is 8.04. The summed E-state index contributed by atoms with van der Waals surface area (Å²) >= 11 is 1.67. The van der Waals surface area contributed by atoms with Crippen molar-refractivity contribution in [1.29, 1.82) is 0 Å². The van der Waals surface area contributed by atoms with E-state index in [-0.39, 0.29) is 0 Å². The lowest BCUT2D eigenvalue weighted by Crippen LogP contribution is -2.48. The van der Waals surface area contributed by atoms with E-state index in [1.54, 1.807) is 11.3 Å². The average molecular weight is 351 g/mol. The molecule has 24 heavy (non-hydrogen) atoms. The van der Waals surface area contributed by atoms with E-state index in [9.17, 15) is 5.11 Å². The van der Waals surface area contributed by atoms with E-state index in [0.29, 0.717) is 31.1 Å². The van der Waals surface area contributed by atoms with Crippen LogP contribution in [0.25, 0.3) is 0 Å². The summed E-state index contributed by atoms with van der Waals surface area (Å²) in [5, 5.41) is 13.4. The van der Waals surface area contributed by atoms with Crippen molar-refractivity contribution in [2.24, 2.45) is 17.3 Å². The number of ether oxygens (including phenoxy) is 1. The number of thiazole rings is 1. The third-order valence-corrected chi connectivity index (χ3v) is 6.60. The topological polar surface area (TPSA) is 45.6 Å². The van der Waals surface area contributed by atoms with Crippen molar-refractivity contribution in [3.8, 4) is 0 Å². The summed E-state index contributed by atoms with van der Waals surface area (Å²) in [6.45, 7) is 9.21. The Kier molecular flexibility index (Phi) is 5.45. The monoisotopic (exact) mass is 350 g/mol. The van der Waals surface area contributed by atoms with Gasteiger partial charge < -0.3 is 9.84 Å². The normalized spacial score (nSPS) is 26.2. The number of aromatic nitrogens is 1. The molecule has 3 aliphatic carbocycles. The van der Waals surface area contributed by atoms with Crippen LogP contribution in [0.5, 0.6) is 0 Å². The zero-order valence-corrected chi connectivity index (χ0v) is 16.1. The van der Waals surface area contributed by atoms with Crippen molar-refractivity contribution >= 4 is 11.3 Å². The number of allylic oxidation sites excluding steroid dienone is 1. The Hall–Kier alpha value is -0.750. The fourth-order valence-electron chi connectivity index (χ4n) is 4.19. The molecule has 0 spiro atoms. The molecule has 0 saturated heterocycles. The molecule has 1 saturated carbocycles. The third kappa shape index (κ3) is 3.90. The van der Waals surface area contributed by atoms with Crippen LogP contribution >= 0.6 is 11.3 Å². The van der Waals surface area contributed by atoms with Crippen LogP contribution in [0.2, 0.25) is 0 Å². The van der Waals surface area contributed by atoms with Gasteiger partial charge in [-0.25, -0.2) is 4.98 Å². The maximum Gasteiger partial charge on any atom is 0.0900 e. The minimum atomic E-state index is -0.457. The van der Waals surface area contributed by atoms with E-state index < -0.39 is 6.10 Å². The lowest BCUT2D eigenvalue weighted by molar-refractivity contribution is -0.0257. The lowest BCUT2D eigenvalue weighted by Gasteiger charge is -2.56. The molecule has 0 amide bonds. The highest BCUT2D eigenvalue weighted by Crippen LogP contribution is 2.59. The number of hydrogen-bond donors (Lipinski definition) is 1. The molecule has 134 valence electrons. The van der Waals surface area contributed by atoms with E-state index in [4.69, 9.17) is 4.74 Å². The van der Waals surface area contributed by atoms with Crippen LogP contribution in [-0.2, 0) is 11.3 Å². The predicted molar refractivity (Wildman–Crippen MR) is 98.1 cm³/mol. The molecular weight excluding hydrogens is 320 g/mol. The molecule has 3 unspecified atom stereocenters. The summed E-state index contributed by atoms with van der Waals surface area (Å²) < 4.78 is 5.82. The smallest absolute Gasteiger partial charge is 0.0900 e. The van der Waals surface area contributed by atoms with Crippen molar-refractivity contribution in [1.82, 2.24) is 9.88 Å². The number of likely N-dealkylation sites (N-methyl/N-ethyl adjacent to an activating group) is 1. The Morgan fingerprint density at radius 2 is 2.29 bits per heavy atom. The fraction of sp³-hybridized carbons (Fsp3) is 0.737. The number of nitrogens with zero attached hydrogens (tertiary/aromatic N) is 2. The Labute approximate surface area is 149 Å². The van der Waals surface area contributed by atoms with Crippen LogP contribution in [0.1, 0.15) is 37.4 Å². The summed E-state index contributed by atoms with van der Waals surface area (Å²) in [7, 11) is 2.01. The van der Waals surface area contributed by atoms with Crippen molar-refractivity contribution in [2.45, 2.75) is 46.3 Å². The predicted octanol–water partition coefficient (Wildman–Crippen LogP) is 3.25. The Morgan fingerprint density at radius 1 is 1.50 bits per heavy atom. The average Bonchev–Trinajstić information content (AvgIpc) is 2.92. The van der Waals surface area contributed by atoms with E-state index in [0.717, 1.165) is 23.2 Å². The Balaban J connectivity index is 1.37. The van der Waals surface area contributed by atoms with Gasteiger partial charge in [0.15, 0.2) is 0 Å². The largest absolute Gasteiger partial charge is 0.389 e. The number of aliphatic hydroxyl groups is 1. The standard InChI is InChI=1S/C19H30N2O2S/c1-13-20-16(12-24-13)8-21(4)9-17(22)11-23-10-14-5-6-15-7-18(14)19(15,2)3/h5,12,15,17-18,22H,6-11H2,1-4H3. The van der Waals surface area contributed by atoms with E-state index in [1.165, 1.54) is 18.4 Å². The first-order valence-electron chi connectivity index (χ1n) is 8.90. The van der Waals surface area contributed by atoms with Gasteiger partial charge in [-0.3, -0.25) is 4.90 Å². The van der Waals surface area contributed by atoms with Gasteiger partial charge in [0.1, 0.15) is 0 Å². The molecule has 1 fully saturated rings. The first-order chi connectivity index (χ1) is 11.4. The van der Waals surface area contributed by atoms with Gasteiger partial charge in [-0.2, -0.15) is 0 Å². The van der Waals surface area contributed by atoms with Crippen molar-refractivity contribution < 1.29 is 9.84 Å². The van der Waals surface area contributed by atoms with Gasteiger partial charge in [-0.1, -0.05) is 19.9 Å². The van der Waals surface area contributed by atoms with Crippen molar-refractivity contribution in [3.05, 3.63) is 27.7 Å². The van der Waals surface area contributed by atoms with E-state index in [1.807, 2.05) is 14.0 Å². The van der Waals surface area contributed by atoms with Crippen LogP contribution < -0.4 is 0 Å². The molecule has 1 N–H and O–H groups in total. The van der Waals surface area contributed by atoms with Gasteiger partial charge in [-0.15, -0.1) is 11.3 Å². The molecule has 1 aromatic heterocycles. The van der Waals surface area contributed by atoms with Gasteiger partial charge in [0, 0.05) is 18.5 Å². The highest BCUT2D eigenvalue weighted by molar-refractivity contribution is 7.09. The van der Waals surface area contributed by atoms with Crippen molar-refractivity contribution in [2.75, 3.05) is 26.8 Å². The summed E-state index contributed by atoms with van der Waals surface area (Å²) in [5.41, 5.74) is 2.96. The van der Waals surface area contributed by atoms with Gasteiger partial charge in [0.05, 0.1) is 30.0 Å². The SMILES string of the molecule is Cc1nc(CN(C)CC(O)COCC2=CCC3CC2C3(C)C)cs1. The van der Waals surface area contributed by atoms with Gasteiger partial charge in [0.25, 0.3) is 0 Å². The van der Waals surface area contributed by atoms with Crippen LogP contribution in [0.15, 0.2) is 17.0 Å². The zero-order valence-electron chi connectivity index (χ0n) is 15.3. The van der Waals surface area contributed by atoms with Gasteiger partial charge >= 0.3 is 0 Å². The summed E-state index contributed by atoms with van der Waals surface area (Å²) in [6, 6.07) is 0. The molecular formula is C19H30N2O2S. The number of hydrogen-bond acceptors (Lipinski definition) is 5. The summed E-state index contributed by atoms with van der Waals surface area (Å²) in [6.07, 6.45) is 4.43. The highest BCUT2D eigenvalue weighted by Gasteiger charge is 2.50. The fourth-order valence-corrected chi connectivity index (χ4v) is 4.79. The maximum absolute atomic E-state index is 10.2. The minimum Gasteiger partial charge on any atom is -0.389 e. The van der Waals surface area contributed by atoms with Crippen molar-refractivity contribution in [3.63, 3.8) is 0 Å². The Bertz CT molecular complexity index is 596. The maximum atomic E-state index is 10.2. The van der Waals surface area contributed by atoms with Crippen LogP contribution in [0.3, 0.4) is 0 Å². The molecule has 0 aromatic carbocycles. The number of rotatable bonds is 8. The van der Waals surface area contributed by atoms with Crippen LogP contribution in [0, 0.1) is 24.2 Å². The molecule has 1 heterocycles. The molecule has 2 bridgehead atoms. The first kappa shape index (κ1) is 18.1.